The molecule has 0 amide bonds. The number of hydrogen-bond acceptors (Lipinski definition) is 5. The first-order valence-electron chi connectivity index (χ1n) is 13.0. The van der Waals surface area contributed by atoms with E-state index in [-0.39, 0.29) is 47.1 Å². The van der Waals surface area contributed by atoms with Gasteiger partial charge in [-0.05, 0) is 165 Å². The molecule has 36 heavy (non-hydrogen) atoms. The van der Waals surface area contributed by atoms with E-state index in [0.717, 1.165) is 55.7 Å². The molecule has 0 aromatic heterocycles. The van der Waals surface area contributed by atoms with E-state index in [1.54, 1.807) is 0 Å². The Balaban J connectivity index is 1.30. The summed E-state index contributed by atoms with van der Waals surface area (Å²) in [5.74, 6) is 0.819. The number of piperidine rings is 1. The third kappa shape index (κ3) is 4.99. The highest BCUT2D eigenvalue weighted by Crippen LogP contribution is 2.61. The van der Waals surface area contributed by atoms with Crippen LogP contribution in [0.5, 0.6) is 0 Å². The molecule has 198 valence electrons. The Morgan fingerprint density at radius 2 is 1.47 bits per heavy atom. The van der Waals surface area contributed by atoms with E-state index in [1.165, 1.54) is 0 Å². The van der Waals surface area contributed by atoms with Crippen LogP contribution < -0.4 is 0 Å². The Kier molecular flexibility index (Phi) is 7.54. The van der Waals surface area contributed by atoms with Crippen molar-refractivity contribution in [3.05, 3.63) is 28.4 Å². The zero-order valence-electron chi connectivity index (χ0n) is 21.7. The van der Waals surface area contributed by atoms with Gasteiger partial charge >= 0.3 is 11.9 Å². The van der Waals surface area contributed by atoms with Crippen molar-refractivity contribution < 1.29 is 19.1 Å². The number of hydrogen-bond donors (Lipinski definition) is 0. The van der Waals surface area contributed by atoms with E-state index in [4.69, 9.17) is 9.47 Å². The molecule has 0 spiro atoms. The lowest BCUT2D eigenvalue weighted by Gasteiger charge is -2.58. The SMILES string of the molecule is CN1C(C)(C)CC(OC(=O)C23CC4CC(C2)C(OC(=O)c2cc(I)cc(I)c2I)C(C4)C3)CC1(C)C. The number of carbonyl (C=O) groups excluding carboxylic acids is 2. The molecule has 2 atom stereocenters. The summed E-state index contributed by atoms with van der Waals surface area (Å²) >= 11 is 6.77. The van der Waals surface area contributed by atoms with Gasteiger partial charge in [0.05, 0.1) is 11.0 Å². The summed E-state index contributed by atoms with van der Waals surface area (Å²) in [6.07, 6.45) is 6.20. The molecule has 4 aliphatic carbocycles. The standard InChI is InChI=1S/C28H36I3NO4/c1-26(2)13-19(14-27(3,4)32(26)5)35-25(34)28-10-15-6-16(11-28)23(17(7-15)12-28)36-24(33)20-8-18(29)9-21(30)22(20)31/h8-9,15-17,19,23H,6-7,10-14H2,1-5H3. The van der Waals surface area contributed by atoms with Crippen LogP contribution >= 0.6 is 67.8 Å². The molecule has 1 aliphatic heterocycles. The lowest BCUT2D eigenvalue weighted by molar-refractivity contribution is -0.195. The average Bonchev–Trinajstić information content (AvgIpc) is 2.76. The fraction of sp³-hybridized carbons (Fsp3) is 0.714. The summed E-state index contributed by atoms with van der Waals surface area (Å²) in [4.78, 5) is 29.5. The van der Waals surface area contributed by atoms with Gasteiger partial charge in [0.15, 0.2) is 0 Å². The minimum atomic E-state index is -0.400. The monoisotopic (exact) mass is 831 g/mol. The second kappa shape index (κ2) is 9.74. The van der Waals surface area contributed by atoms with Crippen molar-refractivity contribution in [2.45, 2.75) is 95.9 Å². The second-order valence-electron chi connectivity index (χ2n) is 13.0. The van der Waals surface area contributed by atoms with Crippen LogP contribution in [0.4, 0.5) is 0 Å². The van der Waals surface area contributed by atoms with E-state index >= 15 is 0 Å². The molecule has 5 nitrogen and oxygen atoms in total. The second-order valence-corrected chi connectivity index (χ2v) is 16.5. The van der Waals surface area contributed by atoms with Crippen molar-refractivity contribution in [3.8, 4) is 0 Å². The number of carbonyl (C=O) groups is 2. The molecule has 2 unspecified atom stereocenters. The van der Waals surface area contributed by atoms with E-state index in [2.05, 4.69) is 113 Å². The minimum Gasteiger partial charge on any atom is -0.462 e. The number of halogens is 3. The third-order valence-electron chi connectivity index (χ3n) is 9.62. The Labute approximate surface area is 256 Å². The van der Waals surface area contributed by atoms with Crippen LogP contribution in [-0.2, 0) is 14.3 Å². The highest BCUT2D eigenvalue weighted by atomic mass is 127. The molecule has 0 N–H and O–H groups in total. The van der Waals surface area contributed by atoms with Crippen LogP contribution in [0.1, 0.15) is 83.0 Å². The van der Waals surface area contributed by atoms with Gasteiger partial charge in [0.2, 0.25) is 0 Å². The largest absolute Gasteiger partial charge is 0.462 e. The van der Waals surface area contributed by atoms with Crippen LogP contribution in [-0.4, -0.2) is 47.2 Å². The number of nitrogens with zero attached hydrogens (tertiary/aromatic N) is 1. The maximum Gasteiger partial charge on any atom is 0.339 e. The van der Waals surface area contributed by atoms with E-state index in [0.29, 0.717) is 11.5 Å². The highest BCUT2D eigenvalue weighted by Gasteiger charge is 2.61. The third-order valence-corrected chi connectivity index (χ3v) is 13.3. The van der Waals surface area contributed by atoms with Crippen LogP contribution in [0.15, 0.2) is 12.1 Å². The summed E-state index contributed by atoms with van der Waals surface area (Å²) in [5.41, 5.74) is 0.223. The van der Waals surface area contributed by atoms with Crippen LogP contribution in [0.3, 0.4) is 0 Å². The Bertz CT molecular complexity index is 1050. The summed E-state index contributed by atoms with van der Waals surface area (Å²) < 4.78 is 15.6. The van der Waals surface area contributed by atoms with Gasteiger partial charge in [0.1, 0.15) is 12.2 Å². The normalized spacial score (nSPS) is 35.0. The van der Waals surface area contributed by atoms with Gasteiger partial charge in [-0.1, -0.05) is 0 Å². The van der Waals surface area contributed by atoms with Gasteiger partial charge in [0, 0.05) is 34.6 Å². The molecule has 6 rings (SSSR count). The Morgan fingerprint density at radius 1 is 0.889 bits per heavy atom. The summed E-state index contributed by atoms with van der Waals surface area (Å²) in [6, 6.07) is 4.00. The molecule has 0 radical (unpaired) electrons. The fourth-order valence-electron chi connectivity index (χ4n) is 7.95. The van der Waals surface area contributed by atoms with E-state index < -0.39 is 5.41 Å². The van der Waals surface area contributed by atoms with E-state index in [1.807, 2.05) is 6.07 Å². The number of esters is 2. The molecular formula is C28H36I3NO4. The molecule has 1 aromatic rings. The highest BCUT2D eigenvalue weighted by molar-refractivity contribution is 14.1. The first-order chi connectivity index (χ1) is 16.7. The summed E-state index contributed by atoms with van der Waals surface area (Å²) in [7, 11) is 2.18. The number of ether oxygens (including phenoxy) is 2. The Morgan fingerprint density at radius 3 is 2.06 bits per heavy atom. The molecular weight excluding hydrogens is 795 g/mol. The zero-order valence-corrected chi connectivity index (χ0v) is 28.2. The number of rotatable bonds is 4. The average molecular weight is 831 g/mol. The van der Waals surface area contributed by atoms with Crippen molar-refractivity contribution in [1.29, 1.82) is 0 Å². The lowest BCUT2D eigenvalue weighted by Crippen LogP contribution is -2.61. The molecule has 5 aliphatic rings. The number of likely N-dealkylation sites (tertiary alicyclic amines) is 1. The first-order valence-corrected chi connectivity index (χ1v) is 16.2. The van der Waals surface area contributed by atoms with Gasteiger partial charge < -0.3 is 9.47 Å². The molecule has 5 fully saturated rings. The van der Waals surface area contributed by atoms with Gasteiger partial charge in [-0.2, -0.15) is 0 Å². The fourth-order valence-corrected chi connectivity index (χ4v) is 10.3. The smallest absolute Gasteiger partial charge is 0.339 e. The topological polar surface area (TPSA) is 55.8 Å². The first kappa shape index (κ1) is 27.9. The molecule has 4 saturated carbocycles. The van der Waals surface area contributed by atoms with Crippen LogP contribution in [0.25, 0.3) is 0 Å². The van der Waals surface area contributed by atoms with Gasteiger partial charge in [0.25, 0.3) is 0 Å². The summed E-state index contributed by atoms with van der Waals surface area (Å²) in [6.45, 7) is 8.98. The van der Waals surface area contributed by atoms with Crippen molar-refractivity contribution >= 4 is 79.7 Å². The van der Waals surface area contributed by atoms with Crippen molar-refractivity contribution in [1.82, 2.24) is 4.90 Å². The zero-order chi connectivity index (χ0) is 26.2. The van der Waals surface area contributed by atoms with Crippen LogP contribution in [0, 0.1) is 33.9 Å². The molecule has 1 aromatic carbocycles. The predicted octanol–water partition coefficient (Wildman–Crippen LogP) is 7.05. The minimum absolute atomic E-state index is 0.00884. The van der Waals surface area contributed by atoms with Crippen molar-refractivity contribution in [2.75, 3.05) is 7.05 Å². The Hall–Kier alpha value is 0.310. The quantitative estimate of drug-likeness (QED) is 0.185. The number of benzene rings is 1. The maximum absolute atomic E-state index is 13.8. The lowest BCUT2D eigenvalue weighted by atomic mass is 9.48. The summed E-state index contributed by atoms with van der Waals surface area (Å²) in [5, 5.41) is 0. The van der Waals surface area contributed by atoms with Crippen molar-refractivity contribution in [2.24, 2.45) is 23.2 Å². The van der Waals surface area contributed by atoms with Gasteiger partial charge in [-0.15, -0.1) is 0 Å². The molecule has 8 heteroatoms. The van der Waals surface area contributed by atoms with E-state index in [9.17, 15) is 9.59 Å². The molecule has 1 saturated heterocycles. The maximum atomic E-state index is 13.8. The van der Waals surface area contributed by atoms with Crippen LogP contribution in [0.2, 0.25) is 0 Å². The predicted molar refractivity (Wildman–Crippen MR) is 165 cm³/mol. The van der Waals surface area contributed by atoms with Gasteiger partial charge in [-0.25, -0.2) is 4.79 Å². The van der Waals surface area contributed by atoms with Crippen molar-refractivity contribution in [3.63, 3.8) is 0 Å². The molecule has 4 bridgehead atoms. The van der Waals surface area contributed by atoms with Gasteiger partial charge in [-0.3, -0.25) is 9.69 Å². The molecule has 1 heterocycles.